The lowest BCUT2D eigenvalue weighted by atomic mass is 9.88. The fourth-order valence-electron chi connectivity index (χ4n) is 8.49. The molecule has 5 heteroatoms. The molecule has 0 aliphatic carbocycles. The summed E-state index contributed by atoms with van der Waals surface area (Å²) in [6, 6.07) is 75.3. The van der Waals surface area contributed by atoms with Crippen molar-refractivity contribution in [3.8, 4) is 101 Å². The maximum atomic E-state index is 5.04. The number of aromatic nitrogens is 5. The molecule has 3 aromatic heterocycles. The van der Waals surface area contributed by atoms with Gasteiger partial charge in [0.1, 0.15) is 0 Å². The van der Waals surface area contributed by atoms with Gasteiger partial charge in [0.25, 0.3) is 0 Å². The average molecular weight is 818 g/mol. The summed E-state index contributed by atoms with van der Waals surface area (Å²) >= 11 is 0. The molecule has 0 aliphatic heterocycles. The average Bonchev–Trinajstić information content (AvgIpc) is 3.39. The minimum atomic E-state index is 0.545. The van der Waals surface area contributed by atoms with Gasteiger partial charge in [-0.15, -0.1) is 0 Å². The smallest absolute Gasteiger partial charge is 0.165 e. The molecule has 11 rings (SSSR count). The van der Waals surface area contributed by atoms with Crippen LogP contribution >= 0.6 is 0 Å². The SMILES string of the molecule is c1ccc(-c2cccc(-c3cc(-c4ccc(-c5cccc6ccccc56)cc4)cc(-c4ccc(-c5nc(-c6cccnc6)nc(-c6cccnc6)n5)cc4-c4ccccc4)c3)c2)cc1. The van der Waals surface area contributed by atoms with Crippen LogP contribution in [0.1, 0.15) is 0 Å². The van der Waals surface area contributed by atoms with E-state index < -0.39 is 0 Å². The molecule has 0 unspecified atom stereocenters. The Morgan fingerprint density at radius 2 is 0.688 bits per heavy atom. The number of pyridine rings is 2. The predicted molar refractivity (Wildman–Crippen MR) is 262 cm³/mol. The van der Waals surface area contributed by atoms with Crippen LogP contribution in [0.15, 0.2) is 237 Å². The molecular formula is C59H39N5. The second-order valence-electron chi connectivity index (χ2n) is 15.8. The maximum absolute atomic E-state index is 5.04. The molecule has 0 N–H and O–H groups in total. The number of rotatable bonds is 9. The number of nitrogens with zero attached hydrogens (tertiary/aromatic N) is 5. The normalized spacial score (nSPS) is 11.1. The van der Waals surface area contributed by atoms with Crippen molar-refractivity contribution in [1.29, 1.82) is 0 Å². The quantitative estimate of drug-likeness (QED) is 0.145. The molecule has 0 atom stereocenters. The minimum absolute atomic E-state index is 0.545. The lowest BCUT2D eigenvalue weighted by Crippen LogP contribution is -2.01. The van der Waals surface area contributed by atoms with Gasteiger partial charge in [0.2, 0.25) is 0 Å². The van der Waals surface area contributed by atoms with Gasteiger partial charge in [-0.1, -0.05) is 158 Å². The summed E-state index contributed by atoms with van der Waals surface area (Å²) in [6.45, 7) is 0. The Labute approximate surface area is 372 Å². The Balaban J connectivity index is 1.08. The summed E-state index contributed by atoms with van der Waals surface area (Å²) in [4.78, 5) is 23.7. The van der Waals surface area contributed by atoms with Gasteiger partial charge in [0.15, 0.2) is 17.5 Å². The first-order valence-electron chi connectivity index (χ1n) is 21.4. The van der Waals surface area contributed by atoms with Gasteiger partial charge in [-0.2, -0.15) is 0 Å². The first kappa shape index (κ1) is 38.3. The van der Waals surface area contributed by atoms with Gasteiger partial charge in [-0.3, -0.25) is 9.97 Å². The fourth-order valence-corrected chi connectivity index (χ4v) is 8.49. The highest BCUT2D eigenvalue weighted by atomic mass is 15.0. The number of hydrogen-bond acceptors (Lipinski definition) is 5. The zero-order chi connectivity index (χ0) is 42.7. The molecule has 0 saturated heterocycles. The minimum Gasteiger partial charge on any atom is -0.264 e. The van der Waals surface area contributed by atoms with Crippen molar-refractivity contribution in [1.82, 2.24) is 24.9 Å². The molecule has 8 aromatic carbocycles. The van der Waals surface area contributed by atoms with Crippen molar-refractivity contribution in [2.24, 2.45) is 0 Å². The second kappa shape index (κ2) is 17.0. The first-order chi connectivity index (χ1) is 31.7. The number of benzene rings is 8. The van der Waals surface area contributed by atoms with E-state index in [1.807, 2.05) is 24.3 Å². The van der Waals surface area contributed by atoms with E-state index in [4.69, 9.17) is 15.0 Å². The third-order valence-electron chi connectivity index (χ3n) is 11.7. The van der Waals surface area contributed by atoms with Crippen molar-refractivity contribution in [3.05, 3.63) is 237 Å². The molecule has 0 amide bonds. The predicted octanol–water partition coefficient (Wildman–Crippen LogP) is 14.8. The van der Waals surface area contributed by atoms with Crippen molar-refractivity contribution in [2.45, 2.75) is 0 Å². The van der Waals surface area contributed by atoms with Crippen LogP contribution in [0.3, 0.4) is 0 Å². The molecule has 64 heavy (non-hydrogen) atoms. The van der Waals surface area contributed by atoms with Gasteiger partial charge in [-0.05, 0) is 132 Å². The van der Waals surface area contributed by atoms with Crippen LogP contribution in [0, 0.1) is 0 Å². The standard InChI is InChI=1S/C59H39N5/c1-3-13-40(14-4-1)45-19-9-20-46(33-45)51-34-50(41-25-27-44(28-26-41)54-24-10-18-42-17-7-8-23-53(42)54)35-52(36-51)55-30-29-47(37-56(55)43-15-5-2-6-16-43)57-62-58(48-21-11-31-60-38-48)64-59(63-57)49-22-12-32-61-39-49/h1-39H. The second-order valence-corrected chi connectivity index (χ2v) is 15.8. The molecule has 300 valence electrons. The summed E-state index contributed by atoms with van der Waals surface area (Å²) in [7, 11) is 0. The van der Waals surface area contributed by atoms with Gasteiger partial charge in [-0.25, -0.2) is 15.0 Å². The largest absolute Gasteiger partial charge is 0.264 e. The van der Waals surface area contributed by atoms with E-state index in [1.165, 1.54) is 33.0 Å². The zero-order valence-electron chi connectivity index (χ0n) is 34.8. The molecule has 3 heterocycles. The topological polar surface area (TPSA) is 64.5 Å². The van der Waals surface area contributed by atoms with Gasteiger partial charge in [0, 0.05) is 41.5 Å². The van der Waals surface area contributed by atoms with E-state index in [2.05, 4.69) is 198 Å². The van der Waals surface area contributed by atoms with Crippen molar-refractivity contribution >= 4 is 10.8 Å². The number of hydrogen-bond donors (Lipinski definition) is 0. The van der Waals surface area contributed by atoms with Crippen LogP contribution in [0.2, 0.25) is 0 Å². The lowest BCUT2D eigenvalue weighted by molar-refractivity contribution is 1.07. The van der Waals surface area contributed by atoms with E-state index in [9.17, 15) is 0 Å². The van der Waals surface area contributed by atoms with Crippen molar-refractivity contribution < 1.29 is 0 Å². The third-order valence-corrected chi connectivity index (χ3v) is 11.7. The molecule has 0 radical (unpaired) electrons. The lowest BCUT2D eigenvalue weighted by Gasteiger charge is -2.17. The van der Waals surface area contributed by atoms with Gasteiger partial charge >= 0.3 is 0 Å². The Kier molecular flexibility index (Phi) is 10.2. The van der Waals surface area contributed by atoms with Crippen LogP contribution in [0.4, 0.5) is 0 Å². The fraction of sp³-hybridized carbons (Fsp3) is 0. The van der Waals surface area contributed by atoms with E-state index in [0.29, 0.717) is 17.5 Å². The van der Waals surface area contributed by atoms with E-state index in [0.717, 1.165) is 61.2 Å². The Morgan fingerprint density at radius 3 is 1.36 bits per heavy atom. The Hall–Kier alpha value is -8.67. The van der Waals surface area contributed by atoms with Crippen LogP contribution < -0.4 is 0 Å². The molecule has 0 fully saturated rings. The summed E-state index contributed by atoms with van der Waals surface area (Å²) in [5, 5.41) is 2.48. The summed E-state index contributed by atoms with van der Waals surface area (Å²) in [5.74, 6) is 1.66. The van der Waals surface area contributed by atoms with Crippen molar-refractivity contribution in [2.75, 3.05) is 0 Å². The highest BCUT2D eigenvalue weighted by molar-refractivity contribution is 5.97. The molecule has 5 nitrogen and oxygen atoms in total. The van der Waals surface area contributed by atoms with Crippen LogP contribution in [-0.4, -0.2) is 24.9 Å². The summed E-state index contributed by atoms with van der Waals surface area (Å²) in [6.07, 6.45) is 7.06. The molecular weight excluding hydrogens is 779 g/mol. The number of fused-ring (bicyclic) bond motifs is 1. The van der Waals surface area contributed by atoms with Gasteiger partial charge < -0.3 is 0 Å². The summed E-state index contributed by atoms with van der Waals surface area (Å²) in [5.41, 5.74) is 16.2. The van der Waals surface area contributed by atoms with E-state index in [-0.39, 0.29) is 0 Å². The highest BCUT2D eigenvalue weighted by Crippen LogP contribution is 2.41. The monoisotopic (exact) mass is 817 g/mol. The summed E-state index contributed by atoms with van der Waals surface area (Å²) < 4.78 is 0. The molecule has 11 aromatic rings. The van der Waals surface area contributed by atoms with Gasteiger partial charge in [0.05, 0.1) is 0 Å². The van der Waals surface area contributed by atoms with Crippen molar-refractivity contribution in [3.63, 3.8) is 0 Å². The zero-order valence-corrected chi connectivity index (χ0v) is 34.8. The first-order valence-corrected chi connectivity index (χ1v) is 21.4. The molecule has 0 bridgehead atoms. The Bertz CT molecular complexity index is 3350. The highest BCUT2D eigenvalue weighted by Gasteiger charge is 2.18. The molecule has 0 aliphatic rings. The van der Waals surface area contributed by atoms with E-state index >= 15 is 0 Å². The molecule has 0 saturated carbocycles. The maximum Gasteiger partial charge on any atom is 0.165 e. The molecule has 0 spiro atoms. The van der Waals surface area contributed by atoms with Crippen LogP contribution in [-0.2, 0) is 0 Å². The van der Waals surface area contributed by atoms with Crippen LogP contribution in [0.5, 0.6) is 0 Å². The third kappa shape index (κ3) is 7.74. The van der Waals surface area contributed by atoms with Crippen LogP contribution in [0.25, 0.3) is 112 Å². The van der Waals surface area contributed by atoms with E-state index in [1.54, 1.807) is 24.8 Å². The Morgan fingerprint density at radius 1 is 0.234 bits per heavy atom.